The number of nitrogens with one attached hydrogen (secondary N) is 1. The van der Waals surface area contributed by atoms with Crippen LogP contribution in [0.4, 0.5) is 5.69 Å². The first-order valence-electron chi connectivity index (χ1n) is 8.01. The fourth-order valence-electron chi connectivity index (χ4n) is 2.70. The molecule has 0 unspecified atom stereocenters. The van der Waals surface area contributed by atoms with Crippen LogP contribution in [-0.4, -0.2) is 15.5 Å². The van der Waals surface area contributed by atoms with E-state index in [1.165, 1.54) is 4.57 Å². The van der Waals surface area contributed by atoms with Crippen molar-refractivity contribution in [2.24, 2.45) is 0 Å². The van der Waals surface area contributed by atoms with Crippen LogP contribution in [0.3, 0.4) is 0 Å². The van der Waals surface area contributed by atoms with Crippen LogP contribution in [0, 0.1) is 6.92 Å². The molecule has 26 heavy (non-hydrogen) atoms. The van der Waals surface area contributed by atoms with E-state index in [9.17, 15) is 9.59 Å². The Morgan fingerprint density at radius 3 is 2.69 bits per heavy atom. The first-order valence-corrected chi connectivity index (χ1v) is 9.71. The lowest BCUT2D eigenvalue weighted by Crippen LogP contribution is -2.25. The van der Waals surface area contributed by atoms with Crippen molar-refractivity contribution in [3.05, 3.63) is 69.3 Å². The Hall–Kier alpha value is -2.77. The second-order valence-corrected chi connectivity index (χ2v) is 7.66. The van der Waals surface area contributed by atoms with Crippen molar-refractivity contribution in [1.29, 1.82) is 0 Å². The van der Waals surface area contributed by atoms with Crippen molar-refractivity contribution in [3.63, 3.8) is 0 Å². The van der Waals surface area contributed by atoms with E-state index in [0.29, 0.717) is 5.69 Å². The number of fused-ring (bicyclic) bond motifs is 1. The summed E-state index contributed by atoms with van der Waals surface area (Å²) in [6, 6.07) is 15.5. The molecule has 0 bridgehead atoms. The van der Waals surface area contributed by atoms with Gasteiger partial charge in [0.05, 0.1) is 15.9 Å². The Morgan fingerprint density at radius 1 is 1.15 bits per heavy atom. The highest BCUT2D eigenvalue weighted by molar-refractivity contribution is 7.21. The predicted molar refractivity (Wildman–Crippen MR) is 107 cm³/mol. The molecule has 4 rings (SSSR count). The Morgan fingerprint density at radius 2 is 1.92 bits per heavy atom. The largest absolute Gasteiger partial charge is 0.324 e. The summed E-state index contributed by atoms with van der Waals surface area (Å²) in [6.07, 6.45) is 0. The second kappa shape index (κ2) is 6.86. The maximum Gasteiger partial charge on any atom is 0.307 e. The number of nitrogens with zero attached hydrogens (tertiary/aromatic N) is 2. The van der Waals surface area contributed by atoms with Gasteiger partial charge in [-0.1, -0.05) is 35.6 Å². The summed E-state index contributed by atoms with van der Waals surface area (Å²) < 4.78 is 2.57. The summed E-state index contributed by atoms with van der Waals surface area (Å²) in [5.41, 5.74) is 3.29. The molecule has 0 spiro atoms. The van der Waals surface area contributed by atoms with Gasteiger partial charge in [0.15, 0.2) is 0 Å². The number of aryl methyl sites for hydroxylation is 1. The molecule has 1 amide bonds. The lowest BCUT2D eigenvalue weighted by molar-refractivity contribution is -0.116. The molecule has 0 aliphatic carbocycles. The maximum atomic E-state index is 12.5. The van der Waals surface area contributed by atoms with Gasteiger partial charge in [0.2, 0.25) is 5.91 Å². The van der Waals surface area contributed by atoms with Crippen LogP contribution in [0.25, 0.3) is 20.8 Å². The van der Waals surface area contributed by atoms with Crippen molar-refractivity contribution >= 4 is 44.5 Å². The van der Waals surface area contributed by atoms with Gasteiger partial charge in [-0.3, -0.25) is 14.2 Å². The summed E-state index contributed by atoms with van der Waals surface area (Å²) in [5.74, 6) is -0.234. The van der Waals surface area contributed by atoms with Gasteiger partial charge in [-0.05, 0) is 31.2 Å². The third kappa shape index (κ3) is 3.18. The normalized spacial score (nSPS) is 11.0. The Labute approximate surface area is 157 Å². The van der Waals surface area contributed by atoms with Gasteiger partial charge in [0.25, 0.3) is 0 Å². The quantitative estimate of drug-likeness (QED) is 0.578. The molecule has 4 aromatic rings. The standard InChI is InChI=1S/C19H15N3O2S2/c1-12-11-25-19(24)22(12)10-17(23)20-14-7-3-2-6-13(14)18-21-15-8-4-5-9-16(15)26-18/h2-9,11H,10H2,1H3,(H,20,23). The number of benzene rings is 2. The Bertz CT molecular complexity index is 1120. The molecule has 1 N–H and O–H groups in total. The molecule has 0 saturated carbocycles. The molecule has 0 atom stereocenters. The molecule has 0 radical (unpaired) electrons. The van der Waals surface area contributed by atoms with Crippen LogP contribution in [0.5, 0.6) is 0 Å². The van der Waals surface area contributed by atoms with E-state index in [1.54, 1.807) is 16.7 Å². The second-order valence-electron chi connectivity index (χ2n) is 5.81. The SMILES string of the molecule is Cc1csc(=O)n1CC(=O)Nc1ccccc1-c1nc2ccccc2s1. The summed E-state index contributed by atoms with van der Waals surface area (Å²) in [6.45, 7) is 1.82. The fraction of sp³-hybridized carbons (Fsp3) is 0.105. The lowest BCUT2D eigenvalue weighted by atomic mass is 10.2. The van der Waals surface area contributed by atoms with E-state index in [4.69, 9.17) is 0 Å². The average Bonchev–Trinajstić information content (AvgIpc) is 3.20. The zero-order valence-corrected chi connectivity index (χ0v) is 15.6. The topological polar surface area (TPSA) is 64.0 Å². The Kier molecular flexibility index (Phi) is 4.40. The maximum absolute atomic E-state index is 12.5. The highest BCUT2D eigenvalue weighted by Gasteiger charge is 2.14. The smallest absolute Gasteiger partial charge is 0.307 e. The van der Waals surface area contributed by atoms with Gasteiger partial charge >= 0.3 is 4.87 Å². The number of rotatable bonds is 4. The van der Waals surface area contributed by atoms with Crippen molar-refractivity contribution in [2.45, 2.75) is 13.5 Å². The monoisotopic (exact) mass is 381 g/mol. The van der Waals surface area contributed by atoms with Crippen LogP contribution >= 0.6 is 22.7 Å². The zero-order valence-electron chi connectivity index (χ0n) is 13.9. The summed E-state index contributed by atoms with van der Waals surface area (Å²) in [4.78, 5) is 28.8. The highest BCUT2D eigenvalue weighted by Crippen LogP contribution is 2.34. The van der Waals surface area contributed by atoms with Crippen LogP contribution in [0.1, 0.15) is 5.69 Å². The van der Waals surface area contributed by atoms with Crippen LogP contribution in [0.2, 0.25) is 0 Å². The first kappa shape index (κ1) is 16.7. The molecule has 2 heterocycles. The Balaban J connectivity index is 1.63. The number of hydrogen-bond donors (Lipinski definition) is 1. The van der Waals surface area contributed by atoms with Crippen LogP contribution in [0.15, 0.2) is 58.7 Å². The van der Waals surface area contributed by atoms with E-state index < -0.39 is 0 Å². The number of amides is 1. The first-order chi connectivity index (χ1) is 12.6. The molecular weight excluding hydrogens is 366 g/mol. The van der Waals surface area contributed by atoms with Crippen molar-refractivity contribution in [2.75, 3.05) is 5.32 Å². The average molecular weight is 381 g/mol. The molecule has 130 valence electrons. The van der Waals surface area contributed by atoms with Crippen molar-refractivity contribution in [1.82, 2.24) is 9.55 Å². The lowest BCUT2D eigenvalue weighted by Gasteiger charge is -2.10. The number of carbonyl (C=O) groups is 1. The molecule has 2 aromatic carbocycles. The van der Waals surface area contributed by atoms with Gasteiger partial charge in [0, 0.05) is 16.6 Å². The van der Waals surface area contributed by atoms with E-state index in [2.05, 4.69) is 10.3 Å². The molecular formula is C19H15N3O2S2. The van der Waals surface area contributed by atoms with Crippen LogP contribution < -0.4 is 10.2 Å². The molecule has 2 aromatic heterocycles. The van der Waals surface area contributed by atoms with Gasteiger partial charge < -0.3 is 5.32 Å². The number of thiazole rings is 2. The summed E-state index contributed by atoms with van der Waals surface area (Å²) in [5, 5.41) is 5.53. The number of aromatic nitrogens is 2. The number of para-hydroxylation sites is 2. The molecule has 0 aliphatic heterocycles. The minimum atomic E-state index is -0.234. The van der Waals surface area contributed by atoms with E-state index in [-0.39, 0.29) is 17.3 Å². The summed E-state index contributed by atoms with van der Waals surface area (Å²) >= 11 is 2.69. The number of anilines is 1. The van der Waals surface area contributed by atoms with E-state index >= 15 is 0 Å². The van der Waals surface area contributed by atoms with E-state index in [1.807, 2.05) is 55.5 Å². The third-order valence-electron chi connectivity index (χ3n) is 4.00. The minimum absolute atomic E-state index is 0.00233. The molecule has 5 nitrogen and oxygen atoms in total. The van der Waals surface area contributed by atoms with Crippen LogP contribution in [-0.2, 0) is 11.3 Å². The zero-order chi connectivity index (χ0) is 18.1. The fourth-order valence-corrected chi connectivity index (χ4v) is 4.44. The van der Waals surface area contributed by atoms with Gasteiger partial charge in [0.1, 0.15) is 11.6 Å². The van der Waals surface area contributed by atoms with Crippen molar-refractivity contribution < 1.29 is 4.79 Å². The predicted octanol–water partition coefficient (Wildman–Crippen LogP) is 4.13. The third-order valence-corrected chi connectivity index (χ3v) is 5.95. The number of hydrogen-bond acceptors (Lipinski definition) is 5. The molecule has 0 fully saturated rings. The van der Waals surface area contributed by atoms with Crippen molar-refractivity contribution in [3.8, 4) is 10.6 Å². The highest BCUT2D eigenvalue weighted by atomic mass is 32.1. The summed E-state index contributed by atoms with van der Waals surface area (Å²) in [7, 11) is 0. The molecule has 0 aliphatic rings. The minimum Gasteiger partial charge on any atom is -0.324 e. The molecule has 0 saturated heterocycles. The van der Waals surface area contributed by atoms with E-state index in [0.717, 1.165) is 37.8 Å². The number of carbonyl (C=O) groups excluding carboxylic acids is 1. The van der Waals surface area contributed by atoms with Gasteiger partial charge in [-0.25, -0.2) is 4.98 Å². The molecule has 7 heteroatoms. The van der Waals surface area contributed by atoms with Gasteiger partial charge in [-0.15, -0.1) is 11.3 Å². The van der Waals surface area contributed by atoms with Gasteiger partial charge in [-0.2, -0.15) is 0 Å².